The lowest BCUT2D eigenvalue weighted by Gasteiger charge is -2.20. The molecule has 1 aliphatic heterocycles. The number of aromatic nitrogens is 3. The van der Waals surface area contributed by atoms with Gasteiger partial charge in [0.05, 0.1) is 18.3 Å². The summed E-state index contributed by atoms with van der Waals surface area (Å²) in [6.45, 7) is 2.55. The molecule has 3 aromatic rings. The van der Waals surface area contributed by atoms with Crippen LogP contribution in [0.1, 0.15) is 22.5 Å². The van der Waals surface area contributed by atoms with Crippen molar-refractivity contribution in [2.75, 3.05) is 19.0 Å². The van der Waals surface area contributed by atoms with Gasteiger partial charge in [-0.05, 0) is 13.0 Å². The van der Waals surface area contributed by atoms with Crippen molar-refractivity contribution in [1.29, 1.82) is 0 Å². The second-order valence-electron chi connectivity index (χ2n) is 5.69. The van der Waals surface area contributed by atoms with Crippen molar-refractivity contribution in [2.45, 2.75) is 13.3 Å². The summed E-state index contributed by atoms with van der Waals surface area (Å²) in [7, 11) is 1.60. The molecule has 1 N–H and O–H groups in total. The number of fused-ring (bicyclic) bond motifs is 2. The Hall–Kier alpha value is -2.60. The van der Waals surface area contributed by atoms with Gasteiger partial charge in [-0.2, -0.15) is 5.10 Å². The van der Waals surface area contributed by atoms with E-state index in [2.05, 4.69) is 15.4 Å². The molecule has 0 atom stereocenters. The van der Waals surface area contributed by atoms with E-state index in [9.17, 15) is 4.79 Å². The summed E-state index contributed by atoms with van der Waals surface area (Å²) in [5, 5.41) is 9.12. The molecule has 1 aromatic carbocycles. The summed E-state index contributed by atoms with van der Waals surface area (Å²) in [4.78, 5) is 16.4. The quantitative estimate of drug-likeness (QED) is 0.723. The van der Waals surface area contributed by atoms with Crippen molar-refractivity contribution in [3.05, 3.63) is 40.8 Å². The molecule has 6 nitrogen and oxygen atoms in total. The topological polar surface area (TPSA) is 69.0 Å². The fourth-order valence-corrected chi connectivity index (χ4v) is 3.19. The van der Waals surface area contributed by atoms with E-state index in [1.54, 1.807) is 24.1 Å². The number of ketones is 1. The highest BCUT2D eigenvalue weighted by Crippen LogP contribution is 2.34. The number of nitrogens with one attached hydrogen (secondary N) is 1. The van der Waals surface area contributed by atoms with Crippen LogP contribution in [-0.4, -0.2) is 34.2 Å². The lowest BCUT2D eigenvalue weighted by Crippen LogP contribution is -2.18. The highest BCUT2D eigenvalue weighted by atomic mass is 35.5. The third-order valence-electron chi connectivity index (χ3n) is 4.23. The SMILES string of the molecule is COc1cc2c(cc1-n1nc(C)c3cnc(Cl)cc31)C(=O)CCN2. The van der Waals surface area contributed by atoms with E-state index in [1.165, 1.54) is 0 Å². The van der Waals surface area contributed by atoms with Crippen molar-refractivity contribution in [1.82, 2.24) is 14.8 Å². The molecule has 24 heavy (non-hydrogen) atoms. The van der Waals surface area contributed by atoms with E-state index in [4.69, 9.17) is 16.3 Å². The predicted molar refractivity (Wildman–Crippen MR) is 92.6 cm³/mol. The average Bonchev–Trinajstić information content (AvgIpc) is 2.90. The summed E-state index contributed by atoms with van der Waals surface area (Å²) in [5.41, 5.74) is 3.80. The number of methoxy groups -OCH3 is 1. The molecule has 0 fully saturated rings. The van der Waals surface area contributed by atoms with E-state index >= 15 is 0 Å². The van der Waals surface area contributed by atoms with Gasteiger partial charge in [0, 0.05) is 47.9 Å². The van der Waals surface area contributed by atoms with Gasteiger partial charge >= 0.3 is 0 Å². The Balaban J connectivity index is 2.01. The third kappa shape index (κ3) is 2.22. The summed E-state index contributed by atoms with van der Waals surface area (Å²) in [6, 6.07) is 5.42. The molecule has 0 spiro atoms. The number of hydrogen-bond acceptors (Lipinski definition) is 5. The van der Waals surface area contributed by atoms with Gasteiger partial charge < -0.3 is 10.1 Å². The lowest BCUT2D eigenvalue weighted by atomic mass is 10.0. The number of carbonyl (C=O) groups excluding carboxylic acids is 1. The Bertz CT molecular complexity index is 980. The largest absolute Gasteiger partial charge is 0.494 e. The number of Topliss-reactive ketones (excluding diaryl/α,β-unsaturated/α-hetero) is 1. The Morgan fingerprint density at radius 2 is 2.17 bits per heavy atom. The fraction of sp³-hybridized carbons (Fsp3) is 0.235. The molecule has 3 heterocycles. The Labute approximate surface area is 143 Å². The molecular formula is C17H15ClN4O2. The van der Waals surface area contributed by atoms with Crippen LogP contribution in [-0.2, 0) is 0 Å². The molecule has 0 bridgehead atoms. The van der Waals surface area contributed by atoms with Crippen molar-refractivity contribution in [3.63, 3.8) is 0 Å². The molecule has 0 unspecified atom stereocenters. The van der Waals surface area contributed by atoms with Crippen LogP contribution in [0.15, 0.2) is 24.4 Å². The number of hydrogen-bond donors (Lipinski definition) is 1. The van der Waals surface area contributed by atoms with Gasteiger partial charge in [-0.15, -0.1) is 0 Å². The lowest BCUT2D eigenvalue weighted by molar-refractivity contribution is 0.0983. The Morgan fingerprint density at radius 3 is 2.96 bits per heavy atom. The zero-order valence-electron chi connectivity index (χ0n) is 13.3. The molecule has 0 radical (unpaired) electrons. The van der Waals surface area contributed by atoms with Crippen LogP contribution in [0.3, 0.4) is 0 Å². The van der Waals surface area contributed by atoms with E-state index < -0.39 is 0 Å². The predicted octanol–water partition coefficient (Wildman–Crippen LogP) is 3.39. The van der Waals surface area contributed by atoms with Gasteiger partial charge in [0.2, 0.25) is 0 Å². The van der Waals surface area contributed by atoms with Crippen LogP contribution in [0, 0.1) is 6.92 Å². The number of carbonyl (C=O) groups is 1. The van der Waals surface area contributed by atoms with E-state index in [0.717, 1.165) is 22.3 Å². The number of anilines is 1. The first-order chi connectivity index (χ1) is 11.6. The van der Waals surface area contributed by atoms with E-state index in [-0.39, 0.29) is 5.78 Å². The first-order valence-electron chi connectivity index (χ1n) is 7.59. The van der Waals surface area contributed by atoms with Crippen molar-refractivity contribution >= 4 is 34.0 Å². The van der Waals surface area contributed by atoms with Crippen LogP contribution in [0.2, 0.25) is 5.15 Å². The van der Waals surface area contributed by atoms with Gasteiger partial charge in [-0.3, -0.25) is 4.79 Å². The highest BCUT2D eigenvalue weighted by molar-refractivity contribution is 6.30. The fourth-order valence-electron chi connectivity index (χ4n) is 3.04. The molecule has 0 saturated heterocycles. The van der Waals surface area contributed by atoms with Crippen LogP contribution in [0.5, 0.6) is 5.75 Å². The van der Waals surface area contributed by atoms with Crippen molar-refractivity contribution < 1.29 is 9.53 Å². The number of pyridine rings is 1. The highest BCUT2D eigenvalue weighted by Gasteiger charge is 2.22. The number of ether oxygens (including phenoxy) is 1. The number of rotatable bonds is 2. The van der Waals surface area contributed by atoms with E-state index in [1.807, 2.05) is 19.1 Å². The smallest absolute Gasteiger partial charge is 0.166 e. The second kappa shape index (κ2) is 5.49. The molecule has 0 amide bonds. The summed E-state index contributed by atoms with van der Waals surface area (Å²) < 4.78 is 7.28. The monoisotopic (exact) mass is 342 g/mol. The van der Waals surface area contributed by atoms with Crippen LogP contribution in [0.4, 0.5) is 5.69 Å². The zero-order valence-corrected chi connectivity index (χ0v) is 14.0. The van der Waals surface area contributed by atoms with Crippen LogP contribution >= 0.6 is 11.6 Å². The summed E-state index contributed by atoms with van der Waals surface area (Å²) in [5.74, 6) is 0.744. The second-order valence-corrected chi connectivity index (χ2v) is 6.08. The van der Waals surface area contributed by atoms with Gasteiger partial charge in [0.1, 0.15) is 16.6 Å². The van der Waals surface area contributed by atoms with Crippen molar-refractivity contribution in [2.24, 2.45) is 0 Å². The van der Waals surface area contributed by atoms with Crippen LogP contribution in [0.25, 0.3) is 16.6 Å². The maximum atomic E-state index is 12.3. The molecule has 0 aliphatic carbocycles. The molecule has 7 heteroatoms. The average molecular weight is 343 g/mol. The third-order valence-corrected chi connectivity index (χ3v) is 4.44. The number of aryl methyl sites for hydroxylation is 1. The van der Waals surface area contributed by atoms with Gasteiger partial charge in [-0.25, -0.2) is 9.67 Å². The normalized spacial score (nSPS) is 13.7. The molecule has 0 saturated carbocycles. The molecule has 1 aliphatic rings. The molecule has 2 aromatic heterocycles. The van der Waals surface area contributed by atoms with Gasteiger partial charge in [-0.1, -0.05) is 11.6 Å². The minimum absolute atomic E-state index is 0.112. The maximum Gasteiger partial charge on any atom is 0.166 e. The minimum atomic E-state index is 0.112. The van der Waals surface area contributed by atoms with Crippen LogP contribution < -0.4 is 10.1 Å². The molecular weight excluding hydrogens is 328 g/mol. The Morgan fingerprint density at radius 1 is 1.33 bits per heavy atom. The summed E-state index contributed by atoms with van der Waals surface area (Å²) in [6.07, 6.45) is 2.18. The van der Waals surface area contributed by atoms with Gasteiger partial charge in [0.15, 0.2) is 5.78 Å². The number of halogens is 1. The van der Waals surface area contributed by atoms with Crippen molar-refractivity contribution in [3.8, 4) is 11.4 Å². The molecule has 122 valence electrons. The number of benzene rings is 1. The first-order valence-corrected chi connectivity index (χ1v) is 7.96. The van der Waals surface area contributed by atoms with E-state index in [0.29, 0.717) is 35.1 Å². The zero-order chi connectivity index (χ0) is 16.8. The first kappa shape index (κ1) is 15.0. The summed E-state index contributed by atoms with van der Waals surface area (Å²) >= 11 is 6.05. The number of nitrogens with zero attached hydrogens (tertiary/aromatic N) is 3. The minimum Gasteiger partial charge on any atom is -0.494 e. The molecule has 4 rings (SSSR count). The maximum absolute atomic E-state index is 12.3. The Kier molecular flexibility index (Phi) is 3.42. The standard InChI is InChI=1S/C17H15ClN4O2/c1-9-11-8-20-17(18)7-13(11)22(21-9)14-5-10-12(6-16(14)24-2)19-4-3-15(10)23/h5-8,19H,3-4H2,1-2H3. The van der Waals surface area contributed by atoms with Gasteiger partial charge in [0.25, 0.3) is 0 Å².